The molecule has 0 atom stereocenters. The molecule has 0 fully saturated rings. The number of hydrogen-bond acceptors (Lipinski definition) is 4. The molecule has 5 heteroatoms. The first kappa shape index (κ1) is 24.2. The van der Waals surface area contributed by atoms with Gasteiger partial charge < -0.3 is 14.6 Å². The second-order valence-electron chi connectivity index (χ2n) is 7.76. The van der Waals surface area contributed by atoms with E-state index >= 15 is 0 Å². The molecule has 4 nitrogen and oxygen atoms in total. The quantitative estimate of drug-likeness (QED) is 0.246. The highest BCUT2D eigenvalue weighted by Crippen LogP contribution is 2.30. The van der Waals surface area contributed by atoms with Crippen LogP contribution in [0.4, 0.5) is 0 Å². The molecule has 0 radical (unpaired) electrons. The van der Waals surface area contributed by atoms with E-state index in [1.54, 1.807) is 31.0 Å². The maximum absolute atomic E-state index is 10.7. The molecule has 176 valence electrons. The molecule has 35 heavy (non-hydrogen) atoms. The molecule has 0 spiro atoms. The number of carboxylic acid groups (broad SMARTS) is 1. The van der Waals surface area contributed by atoms with Crippen molar-refractivity contribution >= 4 is 23.3 Å². The smallest absolute Gasteiger partial charge is 0.341 e. The fraction of sp³-hybridized carbons (Fsp3) is 0.100. The van der Waals surface area contributed by atoms with Crippen LogP contribution in [0.15, 0.2) is 114 Å². The number of carboxylic acids is 1. The Balaban J connectivity index is 1.54. The zero-order chi connectivity index (χ0) is 24.5. The van der Waals surface area contributed by atoms with E-state index < -0.39 is 5.97 Å². The number of thioether (sulfide) groups is 1. The maximum atomic E-state index is 10.7. The van der Waals surface area contributed by atoms with E-state index in [0.717, 1.165) is 33.1 Å². The third-order valence-corrected chi connectivity index (χ3v) is 6.35. The lowest BCUT2D eigenvalue weighted by atomic mass is 9.95. The Hall–Kier alpha value is -3.96. The minimum atomic E-state index is -0.990. The average Bonchev–Trinajstić information content (AvgIpc) is 2.91. The number of methoxy groups -OCH3 is 1. The molecule has 0 bridgehead atoms. The van der Waals surface area contributed by atoms with Gasteiger partial charge >= 0.3 is 5.97 Å². The lowest BCUT2D eigenvalue weighted by molar-refractivity contribution is -0.139. The van der Waals surface area contributed by atoms with E-state index in [1.807, 2.05) is 42.5 Å². The Morgan fingerprint density at radius 3 is 2.20 bits per heavy atom. The van der Waals surface area contributed by atoms with Gasteiger partial charge in [-0.3, -0.25) is 0 Å². The second-order valence-corrected chi connectivity index (χ2v) is 8.85. The lowest BCUT2D eigenvalue weighted by Crippen LogP contribution is -2.09. The van der Waals surface area contributed by atoms with Crippen LogP contribution >= 0.6 is 11.8 Å². The zero-order valence-electron chi connectivity index (χ0n) is 19.4. The minimum absolute atomic E-state index is 0.345. The predicted molar refractivity (Wildman–Crippen MR) is 142 cm³/mol. The van der Waals surface area contributed by atoms with Gasteiger partial charge in [-0.15, -0.1) is 11.8 Å². The summed E-state index contributed by atoms with van der Waals surface area (Å²) in [6.45, 7) is -0.345. The molecule has 0 saturated carbocycles. The number of hydrogen-bond donors (Lipinski definition) is 1. The molecule has 0 heterocycles. The molecular formula is C30H26O4S. The monoisotopic (exact) mass is 482 g/mol. The molecular weight excluding hydrogens is 456 g/mol. The molecule has 0 aliphatic carbocycles. The molecule has 0 amide bonds. The third kappa shape index (κ3) is 6.78. The largest absolute Gasteiger partial charge is 0.497 e. The Morgan fingerprint density at radius 1 is 0.800 bits per heavy atom. The van der Waals surface area contributed by atoms with Gasteiger partial charge in [0.15, 0.2) is 6.61 Å². The van der Waals surface area contributed by atoms with Gasteiger partial charge in [-0.25, -0.2) is 4.79 Å². The summed E-state index contributed by atoms with van der Waals surface area (Å²) in [6, 6.07) is 34.5. The number of carbonyl (C=O) groups is 1. The van der Waals surface area contributed by atoms with Crippen molar-refractivity contribution in [2.45, 2.75) is 4.90 Å². The van der Waals surface area contributed by atoms with Crippen LogP contribution in [-0.4, -0.2) is 30.5 Å². The molecule has 0 saturated heterocycles. The van der Waals surface area contributed by atoms with Crippen LogP contribution in [-0.2, 0) is 4.79 Å². The van der Waals surface area contributed by atoms with Crippen molar-refractivity contribution in [3.8, 4) is 22.6 Å². The molecule has 4 aromatic rings. The van der Waals surface area contributed by atoms with Crippen LogP contribution in [0.3, 0.4) is 0 Å². The highest BCUT2D eigenvalue weighted by Gasteiger charge is 2.08. The molecule has 0 aliphatic heterocycles. The highest BCUT2D eigenvalue weighted by molar-refractivity contribution is 7.99. The third-order valence-electron chi connectivity index (χ3n) is 5.41. The maximum Gasteiger partial charge on any atom is 0.341 e. The summed E-state index contributed by atoms with van der Waals surface area (Å²) in [4.78, 5) is 11.7. The first-order chi connectivity index (χ1) is 17.1. The molecule has 4 rings (SSSR count). The van der Waals surface area contributed by atoms with Gasteiger partial charge in [0.05, 0.1) is 7.11 Å². The van der Waals surface area contributed by atoms with Crippen molar-refractivity contribution < 1.29 is 19.4 Å². The van der Waals surface area contributed by atoms with E-state index in [-0.39, 0.29) is 6.61 Å². The van der Waals surface area contributed by atoms with Crippen LogP contribution in [0.2, 0.25) is 0 Å². The number of rotatable bonds is 10. The van der Waals surface area contributed by atoms with Gasteiger partial charge in [0, 0.05) is 10.6 Å². The van der Waals surface area contributed by atoms with Crippen LogP contribution in [0.5, 0.6) is 11.5 Å². The number of benzene rings is 4. The Labute approximate surface area is 209 Å². The SMILES string of the molecule is COc1cccc(C(=CCSc2ccc(OCC(=O)O)cc2)c2ccc(-c3ccccc3)cc2)c1. The second kappa shape index (κ2) is 12.0. The first-order valence-corrected chi connectivity index (χ1v) is 12.2. The van der Waals surface area contributed by atoms with Crippen molar-refractivity contribution in [3.05, 3.63) is 120 Å². The van der Waals surface area contributed by atoms with Crippen molar-refractivity contribution in [1.82, 2.24) is 0 Å². The number of aliphatic carboxylic acids is 1. The topological polar surface area (TPSA) is 55.8 Å². The van der Waals surface area contributed by atoms with Crippen LogP contribution in [0.1, 0.15) is 11.1 Å². The molecule has 0 unspecified atom stereocenters. The predicted octanol–water partition coefficient (Wildman–Crippen LogP) is 7.05. The fourth-order valence-corrected chi connectivity index (χ4v) is 4.44. The molecule has 0 aromatic heterocycles. The summed E-state index contributed by atoms with van der Waals surface area (Å²) in [5.74, 6) is 1.14. The van der Waals surface area contributed by atoms with Gasteiger partial charge in [-0.05, 0) is 64.2 Å². The van der Waals surface area contributed by atoms with E-state index in [2.05, 4.69) is 54.6 Å². The summed E-state index contributed by atoms with van der Waals surface area (Å²) in [5.41, 5.74) is 5.74. The fourth-order valence-electron chi connectivity index (χ4n) is 3.66. The van der Waals surface area contributed by atoms with Crippen molar-refractivity contribution in [1.29, 1.82) is 0 Å². The van der Waals surface area contributed by atoms with Crippen LogP contribution in [0.25, 0.3) is 16.7 Å². The van der Waals surface area contributed by atoms with Crippen molar-refractivity contribution in [2.75, 3.05) is 19.5 Å². The summed E-state index contributed by atoms with van der Waals surface area (Å²) < 4.78 is 10.7. The van der Waals surface area contributed by atoms with Gasteiger partial charge in [0.2, 0.25) is 0 Å². The number of ether oxygens (including phenoxy) is 2. The Morgan fingerprint density at radius 2 is 1.51 bits per heavy atom. The van der Waals surface area contributed by atoms with Gasteiger partial charge in [-0.1, -0.05) is 72.8 Å². The summed E-state index contributed by atoms with van der Waals surface area (Å²) in [6.07, 6.45) is 2.23. The molecule has 4 aromatic carbocycles. The van der Waals surface area contributed by atoms with Gasteiger partial charge in [0.25, 0.3) is 0 Å². The molecule has 0 aliphatic rings. The van der Waals surface area contributed by atoms with E-state index in [1.165, 1.54) is 11.1 Å². The van der Waals surface area contributed by atoms with Gasteiger partial charge in [-0.2, -0.15) is 0 Å². The summed E-state index contributed by atoms with van der Waals surface area (Å²) in [7, 11) is 1.68. The van der Waals surface area contributed by atoms with Gasteiger partial charge in [0.1, 0.15) is 11.5 Å². The molecule has 1 N–H and O–H groups in total. The van der Waals surface area contributed by atoms with Crippen molar-refractivity contribution in [2.24, 2.45) is 0 Å². The van der Waals surface area contributed by atoms with Crippen LogP contribution < -0.4 is 9.47 Å². The average molecular weight is 483 g/mol. The Bertz CT molecular complexity index is 1280. The normalized spacial score (nSPS) is 11.2. The van der Waals surface area contributed by atoms with E-state index in [4.69, 9.17) is 14.6 Å². The highest BCUT2D eigenvalue weighted by atomic mass is 32.2. The zero-order valence-corrected chi connectivity index (χ0v) is 20.2. The first-order valence-electron chi connectivity index (χ1n) is 11.2. The standard InChI is InChI=1S/C30H26O4S/c1-33-27-9-5-8-25(20-27)29(24-12-10-23(11-13-24)22-6-3-2-4-7-22)18-19-35-28-16-14-26(15-17-28)34-21-30(31)32/h2-18,20H,19,21H2,1H3,(H,31,32). The summed E-state index contributed by atoms with van der Waals surface area (Å²) in [5, 5.41) is 8.75. The minimum Gasteiger partial charge on any atom is -0.497 e. The van der Waals surface area contributed by atoms with Crippen molar-refractivity contribution in [3.63, 3.8) is 0 Å². The van der Waals surface area contributed by atoms with Crippen LogP contribution in [0, 0.1) is 0 Å². The lowest BCUT2D eigenvalue weighted by Gasteiger charge is -2.12. The summed E-state index contributed by atoms with van der Waals surface area (Å²) >= 11 is 1.70. The van der Waals surface area contributed by atoms with E-state index in [9.17, 15) is 4.79 Å². The van der Waals surface area contributed by atoms with E-state index in [0.29, 0.717) is 5.75 Å². The Kier molecular flexibility index (Phi) is 8.25.